The lowest BCUT2D eigenvalue weighted by Gasteiger charge is -2.60. The minimum absolute atomic E-state index is 0.00945. The Morgan fingerprint density at radius 3 is 2.41 bits per heavy atom. The number of hydrogen-bond acceptors (Lipinski definition) is 11. The SMILES string of the molecule is CC1CCC2(O)C3(OC4(O)C[C@]2(C)C2(O)[C@H](OC(=O)c5ccc[nH]5)C(O)(C(C)C)C4(C)C32O)[C@@H]1OC(=O)CN. The number of nitrogens with one attached hydrogen (secondary N) is 1. The molecule has 12 nitrogen and oxygen atoms in total. The highest BCUT2D eigenvalue weighted by molar-refractivity contribution is 5.87. The van der Waals surface area contributed by atoms with Crippen molar-refractivity contribution in [3.8, 4) is 0 Å². The average molecular weight is 551 g/mol. The van der Waals surface area contributed by atoms with Crippen LogP contribution in [0, 0.1) is 22.7 Å². The van der Waals surface area contributed by atoms with Gasteiger partial charge in [0, 0.05) is 18.0 Å². The summed E-state index contributed by atoms with van der Waals surface area (Å²) in [6.45, 7) is 7.35. The zero-order valence-electron chi connectivity index (χ0n) is 22.7. The first-order valence-electron chi connectivity index (χ1n) is 13.5. The molecule has 11 atom stereocenters. The fourth-order valence-corrected chi connectivity index (χ4v) is 9.93. The summed E-state index contributed by atoms with van der Waals surface area (Å²) in [6.07, 6.45) is -1.75. The number of aromatic nitrogens is 1. The van der Waals surface area contributed by atoms with Crippen molar-refractivity contribution in [1.82, 2.24) is 4.98 Å². The Bertz CT molecular complexity index is 1260. The lowest BCUT2D eigenvalue weighted by atomic mass is 9.52. The van der Waals surface area contributed by atoms with E-state index in [0.29, 0.717) is 6.42 Å². The maximum atomic E-state index is 13.3. The monoisotopic (exact) mass is 550 g/mol. The normalized spacial score (nSPS) is 54.7. The highest BCUT2D eigenvalue weighted by atomic mass is 16.7. The van der Waals surface area contributed by atoms with E-state index in [9.17, 15) is 35.1 Å². The topological polar surface area (TPSA) is 205 Å². The first-order chi connectivity index (χ1) is 17.9. The van der Waals surface area contributed by atoms with E-state index in [4.69, 9.17) is 19.9 Å². The third kappa shape index (κ3) is 2.21. The van der Waals surface area contributed by atoms with Crippen molar-refractivity contribution in [2.75, 3.05) is 6.54 Å². The van der Waals surface area contributed by atoms with Crippen LogP contribution >= 0.6 is 0 Å². The first kappa shape index (κ1) is 27.1. The molecule has 39 heavy (non-hydrogen) atoms. The number of rotatable bonds is 5. The summed E-state index contributed by atoms with van der Waals surface area (Å²) in [6, 6.07) is 3.03. The molecule has 1 spiro atoms. The molecule has 216 valence electrons. The van der Waals surface area contributed by atoms with Crippen molar-refractivity contribution in [2.24, 2.45) is 28.4 Å². The summed E-state index contributed by atoms with van der Waals surface area (Å²) in [5, 5.41) is 63.7. The van der Waals surface area contributed by atoms with Gasteiger partial charge in [0.1, 0.15) is 34.2 Å². The Hall–Kier alpha value is -2.06. The molecule has 12 heteroatoms. The zero-order chi connectivity index (χ0) is 28.8. The fraction of sp³-hybridized carbons (Fsp3) is 0.778. The van der Waals surface area contributed by atoms with Crippen LogP contribution in [0.5, 0.6) is 0 Å². The Kier molecular flexibility index (Phi) is 5.02. The third-order valence-electron chi connectivity index (χ3n) is 11.7. The Morgan fingerprint density at radius 1 is 1.18 bits per heavy atom. The zero-order valence-corrected chi connectivity index (χ0v) is 22.7. The van der Waals surface area contributed by atoms with E-state index in [-0.39, 0.29) is 12.1 Å². The van der Waals surface area contributed by atoms with Gasteiger partial charge in [0.2, 0.25) is 0 Å². The van der Waals surface area contributed by atoms with E-state index in [1.807, 2.05) is 0 Å². The molecule has 0 aromatic carbocycles. The van der Waals surface area contributed by atoms with Crippen LogP contribution in [0.4, 0.5) is 0 Å². The Balaban J connectivity index is 1.68. The second-order valence-corrected chi connectivity index (χ2v) is 13.1. The summed E-state index contributed by atoms with van der Waals surface area (Å²) < 4.78 is 18.0. The molecule has 0 radical (unpaired) electrons. The van der Waals surface area contributed by atoms with Gasteiger partial charge in [0.25, 0.3) is 0 Å². The molecule has 8 unspecified atom stereocenters. The van der Waals surface area contributed by atoms with Crippen LogP contribution in [0.3, 0.4) is 0 Å². The standard InChI is InChI=1S/C27H38N2O10/c1-13(2)24(34)19(38-18(31)15-7-6-10-29-15)25(35)20(4)12-23(33)21(24,5)27(25,36)26(39-23)17(37-16(30)11-28)14(3)8-9-22(20,26)32/h6-7,10,13-14,17,19,29,32-36H,8-9,11-12,28H2,1-5H3/t14?,17-,19-,20+,21?,22?,23?,24?,25?,26?,27?/m1/s1. The van der Waals surface area contributed by atoms with E-state index in [1.54, 1.807) is 26.8 Å². The molecule has 6 fully saturated rings. The van der Waals surface area contributed by atoms with Gasteiger partial charge in [-0.2, -0.15) is 0 Å². The van der Waals surface area contributed by atoms with Gasteiger partial charge in [0.15, 0.2) is 17.5 Å². The second kappa shape index (κ2) is 7.22. The number of esters is 2. The second-order valence-electron chi connectivity index (χ2n) is 13.1. The quantitative estimate of drug-likeness (QED) is 0.229. The van der Waals surface area contributed by atoms with Crippen molar-refractivity contribution >= 4 is 11.9 Å². The smallest absolute Gasteiger partial charge is 0.355 e. The van der Waals surface area contributed by atoms with Crippen molar-refractivity contribution in [1.29, 1.82) is 0 Å². The lowest BCUT2D eigenvalue weighted by Crippen LogP contribution is -2.76. The Labute approximate surface area is 225 Å². The van der Waals surface area contributed by atoms with E-state index >= 15 is 0 Å². The number of carbonyl (C=O) groups excluding carboxylic acids is 2. The van der Waals surface area contributed by atoms with E-state index in [2.05, 4.69) is 4.98 Å². The van der Waals surface area contributed by atoms with E-state index in [1.165, 1.54) is 26.1 Å². The predicted octanol–water partition coefficient (Wildman–Crippen LogP) is -0.678. The van der Waals surface area contributed by atoms with Crippen molar-refractivity contribution < 1.29 is 49.3 Å². The molecule has 2 saturated heterocycles. The first-order valence-corrected chi connectivity index (χ1v) is 13.5. The van der Waals surface area contributed by atoms with Gasteiger partial charge in [-0.1, -0.05) is 27.7 Å². The molecule has 1 aromatic rings. The number of aromatic amines is 1. The van der Waals surface area contributed by atoms with Crippen LogP contribution in [0.2, 0.25) is 0 Å². The summed E-state index contributed by atoms with van der Waals surface area (Å²) >= 11 is 0. The summed E-state index contributed by atoms with van der Waals surface area (Å²) in [5.74, 6) is -5.39. The molecular weight excluding hydrogens is 512 g/mol. The van der Waals surface area contributed by atoms with Gasteiger partial charge in [-0.3, -0.25) is 4.79 Å². The molecule has 1 aromatic heterocycles. The number of carbonyl (C=O) groups is 2. The van der Waals surface area contributed by atoms with Crippen molar-refractivity contribution in [3.63, 3.8) is 0 Å². The molecule has 4 saturated carbocycles. The number of hydrogen-bond donors (Lipinski definition) is 7. The molecule has 6 bridgehead atoms. The van der Waals surface area contributed by atoms with Crippen LogP contribution in [0.1, 0.15) is 64.4 Å². The van der Waals surface area contributed by atoms with Gasteiger partial charge < -0.3 is 50.5 Å². The van der Waals surface area contributed by atoms with Gasteiger partial charge in [-0.15, -0.1) is 0 Å². The highest BCUT2D eigenvalue weighted by Gasteiger charge is 3.10. The maximum absolute atomic E-state index is 13.3. The van der Waals surface area contributed by atoms with Crippen LogP contribution in [0.15, 0.2) is 18.3 Å². The number of ether oxygens (including phenoxy) is 3. The molecule has 2 aliphatic heterocycles. The number of aliphatic hydroxyl groups is 5. The minimum Gasteiger partial charge on any atom is -0.458 e. The molecule has 7 rings (SSSR count). The summed E-state index contributed by atoms with van der Waals surface area (Å²) in [4.78, 5) is 28.6. The van der Waals surface area contributed by atoms with Crippen LogP contribution < -0.4 is 5.73 Å². The maximum Gasteiger partial charge on any atom is 0.355 e. The van der Waals surface area contributed by atoms with Crippen LogP contribution in [0.25, 0.3) is 0 Å². The Morgan fingerprint density at radius 2 is 1.85 bits per heavy atom. The van der Waals surface area contributed by atoms with Gasteiger partial charge >= 0.3 is 11.9 Å². The lowest BCUT2D eigenvalue weighted by molar-refractivity contribution is -0.390. The molecular formula is C27H38N2O10. The molecule has 0 amide bonds. The largest absolute Gasteiger partial charge is 0.458 e. The predicted molar refractivity (Wildman–Crippen MR) is 132 cm³/mol. The number of nitrogens with two attached hydrogens (primary N) is 1. The van der Waals surface area contributed by atoms with Crippen LogP contribution in [-0.2, 0) is 19.0 Å². The van der Waals surface area contributed by atoms with Gasteiger partial charge in [-0.25, -0.2) is 4.79 Å². The van der Waals surface area contributed by atoms with Crippen molar-refractivity contribution in [3.05, 3.63) is 24.0 Å². The fourth-order valence-electron chi connectivity index (χ4n) is 9.93. The molecule has 6 aliphatic rings. The highest BCUT2D eigenvalue weighted by Crippen LogP contribution is 2.90. The number of H-pyrrole nitrogens is 1. The van der Waals surface area contributed by atoms with Gasteiger partial charge in [-0.05, 0) is 43.7 Å². The summed E-state index contributed by atoms with van der Waals surface area (Å²) in [5.41, 5.74) is -10.2. The van der Waals surface area contributed by atoms with Crippen molar-refractivity contribution in [2.45, 2.75) is 99.9 Å². The summed E-state index contributed by atoms with van der Waals surface area (Å²) in [7, 11) is 0. The molecule has 4 aliphatic carbocycles. The molecule has 8 N–H and O–H groups in total. The van der Waals surface area contributed by atoms with E-state index in [0.717, 1.165) is 0 Å². The average Bonchev–Trinajstić information content (AvgIpc) is 3.49. The van der Waals surface area contributed by atoms with E-state index < -0.39 is 93.6 Å². The third-order valence-corrected chi connectivity index (χ3v) is 11.7. The minimum atomic E-state index is -2.67. The van der Waals surface area contributed by atoms with Gasteiger partial charge in [0.05, 0.1) is 12.0 Å². The van der Waals surface area contributed by atoms with Crippen LogP contribution in [-0.4, -0.2) is 95.0 Å². The molecule has 3 heterocycles.